The Kier molecular flexibility index (Phi) is 4.14. The lowest BCUT2D eigenvalue weighted by Gasteiger charge is -2.25. The van der Waals surface area contributed by atoms with Crippen LogP contribution < -0.4 is 5.73 Å². The molecular weight excluding hydrogens is 309 g/mol. The zero-order valence-corrected chi connectivity index (χ0v) is 13.4. The summed E-state index contributed by atoms with van der Waals surface area (Å²) >= 11 is 0. The average Bonchev–Trinajstić information content (AvgIpc) is 2.76. The second kappa shape index (κ2) is 5.52. The van der Waals surface area contributed by atoms with E-state index >= 15 is 0 Å². The second-order valence-corrected chi connectivity index (χ2v) is 6.27. The molecule has 1 amide bonds. The Morgan fingerprint density at radius 1 is 1.35 bits per heavy atom. The monoisotopic (exact) mass is 328 g/mol. The third-order valence-corrected chi connectivity index (χ3v) is 3.38. The lowest BCUT2D eigenvalue weighted by molar-refractivity contribution is -0.136. The fourth-order valence-corrected chi connectivity index (χ4v) is 2.39. The molecule has 0 radical (unpaired) electrons. The number of nitrogens with two attached hydrogens (primary N) is 1. The molecule has 0 saturated heterocycles. The first-order valence-electron chi connectivity index (χ1n) is 7.00. The highest BCUT2D eigenvalue weighted by molar-refractivity contribution is 5.85. The molecule has 23 heavy (non-hydrogen) atoms. The molecule has 0 unspecified atom stereocenters. The Bertz CT molecular complexity index is 743. The quantitative estimate of drug-likeness (QED) is 0.909. The number of rotatable bonds is 3. The number of H-pyrrole nitrogens is 1. The number of alkyl halides is 3. The Morgan fingerprint density at radius 3 is 2.48 bits per heavy atom. The van der Waals surface area contributed by atoms with Gasteiger partial charge >= 0.3 is 6.18 Å². The maximum Gasteiger partial charge on any atom is 0.418 e. The Morgan fingerprint density at radius 2 is 1.96 bits per heavy atom. The molecule has 0 aliphatic carbocycles. The largest absolute Gasteiger partial charge is 0.418 e. The molecule has 1 aromatic carbocycles. The summed E-state index contributed by atoms with van der Waals surface area (Å²) in [7, 11) is 1.53. The zero-order chi connectivity index (χ0) is 17.6. The van der Waals surface area contributed by atoms with Crippen molar-refractivity contribution in [3.63, 3.8) is 0 Å². The number of hydrogen-bond donors (Lipinski definition) is 2. The maximum absolute atomic E-state index is 13.1. The average molecular weight is 328 g/mol. The predicted octanol–water partition coefficient (Wildman–Crippen LogP) is 2.59. The molecule has 0 saturated carbocycles. The van der Waals surface area contributed by atoms with Crippen molar-refractivity contribution < 1.29 is 18.0 Å². The molecule has 126 valence electrons. The van der Waals surface area contributed by atoms with Crippen LogP contribution in [0.4, 0.5) is 13.2 Å². The summed E-state index contributed by atoms with van der Waals surface area (Å²) in [5.74, 6) is -0.0543. The number of aromatic amines is 1. The fourth-order valence-electron chi connectivity index (χ4n) is 2.39. The number of amides is 1. The van der Waals surface area contributed by atoms with Crippen LogP contribution in [0.1, 0.15) is 30.8 Å². The summed E-state index contributed by atoms with van der Waals surface area (Å²) < 4.78 is 39.4. The smallest absolute Gasteiger partial charge is 0.340 e. The van der Waals surface area contributed by atoms with Crippen molar-refractivity contribution in [2.75, 3.05) is 7.05 Å². The molecule has 0 atom stereocenters. The minimum atomic E-state index is -4.48. The van der Waals surface area contributed by atoms with Gasteiger partial charge in [0.25, 0.3) is 0 Å². The molecule has 2 rings (SSSR count). The van der Waals surface area contributed by atoms with Crippen LogP contribution in [0.2, 0.25) is 0 Å². The molecular formula is C15H19F3N4O. The van der Waals surface area contributed by atoms with Crippen molar-refractivity contribution in [3.05, 3.63) is 29.1 Å². The first-order valence-corrected chi connectivity index (χ1v) is 7.00. The van der Waals surface area contributed by atoms with Crippen LogP contribution in [-0.2, 0) is 17.5 Å². The number of carbonyl (C=O) groups excluding carboxylic acids is 1. The van der Waals surface area contributed by atoms with Gasteiger partial charge in [0, 0.05) is 7.05 Å². The Balaban J connectivity index is 2.40. The molecule has 8 heteroatoms. The highest BCUT2D eigenvalue weighted by atomic mass is 19.4. The van der Waals surface area contributed by atoms with E-state index in [9.17, 15) is 18.0 Å². The highest BCUT2D eigenvalue weighted by Crippen LogP contribution is 2.34. The minimum absolute atomic E-state index is 0.0461. The van der Waals surface area contributed by atoms with E-state index in [-0.39, 0.29) is 29.3 Å². The van der Waals surface area contributed by atoms with Gasteiger partial charge in [0.1, 0.15) is 5.82 Å². The summed E-state index contributed by atoms with van der Waals surface area (Å²) in [6.45, 7) is 4.76. The number of imidazole rings is 1. The van der Waals surface area contributed by atoms with Gasteiger partial charge in [-0.25, -0.2) is 4.98 Å². The zero-order valence-electron chi connectivity index (χ0n) is 13.4. The fraction of sp³-hybridized carbons (Fsp3) is 0.467. The molecule has 0 bridgehead atoms. The van der Waals surface area contributed by atoms with Crippen molar-refractivity contribution >= 4 is 16.9 Å². The van der Waals surface area contributed by atoms with Crippen LogP contribution in [0.15, 0.2) is 12.1 Å². The van der Waals surface area contributed by atoms with Crippen LogP contribution in [0, 0.1) is 6.92 Å². The third kappa shape index (κ3) is 3.64. The number of aromatic nitrogens is 2. The molecule has 0 aliphatic rings. The van der Waals surface area contributed by atoms with Gasteiger partial charge in [-0.1, -0.05) is 0 Å². The van der Waals surface area contributed by atoms with Crippen molar-refractivity contribution in [3.8, 4) is 0 Å². The summed E-state index contributed by atoms with van der Waals surface area (Å²) in [5, 5.41) is 0. The van der Waals surface area contributed by atoms with Gasteiger partial charge in [-0.15, -0.1) is 0 Å². The molecule has 0 spiro atoms. The molecule has 0 aliphatic heterocycles. The molecule has 5 nitrogen and oxygen atoms in total. The van der Waals surface area contributed by atoms with E-state index in [0.29, 0.717) is 5.56 Å². The molecule has 2 aromatic rings. The van der Waals surface area contributed by atoms with Crippen LogP contribution in [0.3, 0.4) is 0 Å². The Hall–Kier alpha value is -2.09. The van der Waals surface area contributed by atoms with E-state index in [1.165, 1.54) is 11.9 Å². The first-order chi connectivity index (χ1) is 10.4. The summed E-state index contributed by atoms with van der Waals surface area (Å²) in [4.78, 5) is 20.2. The van der Waals surface area contributed by atoms with E-state index in [1.54, 1.807) is 26.8 Å². The normalized spacial score (nSPS) is 12.7. The summed E-state index contributed by atoms with van der Waals surface area (Å²) in [6.07, 6.45) is -4.48. The number of aryl methyl sites for hydroxylation is 1. The second-order valence-electron chi connectivity index (χ2n) is 6.27. The van der Waals surface area contributed by atoms with Crippen LogP contribution in [-0.4, -0.2) is 33.4 Å². The number of nitrogens with zero attached hydrogens (tertiary/aromatic N) is 2. The number of benzene rings is 1. The van der Waals surface area contributed by atoms with E-state index in [1.807, 2.05) is 0 Å². The van der Waals surface area contributed by atoms with Crippen molar-refractivity contribution in [1.82, 2.24) is 14.9 Å². The lowest BCUT2D eigenvalue weighted by atomic mass is 10.1. The number of hydrogen-bond acceptors (Lipinski definition) is 3. The number of fused-ring (bicyclic) bond motifs is 1. The van der Waals surface area contributed by atoms with Gasteiger partial charge in [-0.05, 0) is 38.5 Å². The van der Waals surface area contributed by atoms with E-state index in [4.69, 9.17) is 5.73 Å². The molecule has 1 heterocycles. The van der Waals surface area contributed by atoms with Crippen molar-refractivity contribution in [2.45, 2.75) is 39.0 Å². The number of halogens is 3. The highest BCUT2D eigenvalue weighted by Gasteiger charge is 2.34. The molecule has 0 fully saturated rings. The van der Waals surface area contributed by atoms with Crippen LogP contribution in [0.25, 0.3) is 11.0 Å². The van der Waals surface area contributed by atoms with E-state index < -0.39 is 17.3 Å². The van der Waals surface area contributed by atoms with E-state index in [2.05, 4.69) is 9.97 Å². The van der Waals surface area contributed by atoms with Crippen LogP contribution >= 0.6 is 0 Å². The van der Waals surface area contributed by atoms with E-state index in [0.717, 1.165) is 6.07 Å². The van der Waals surface area contributed by atoms with Crippen molar-refractivity contribution in [2.24, 2.45) is 5.73 Å². The first kappa shape index (κ1) is 17.3. The minimum Gasteiger partial charge on any atom is -0.340 e. The summed E-state index contributed by atoms with van der Waals surface area (Å²) in [6, 6.07) is 2.64. The summed E-state index contributed by atoms with van der Waals surface area (Å²) in [5.41, 5.74) is 4.53. The van der Waals surface area contributed by atoms with Gasteiger partial charge in [-0.2, -0.15) is 13.2 Å². The van der Waals surface area contributed by atoms with Gasteiger partial charge in [0.05, 0.1) is 28.7 Å². The number of nitrogens with one attached hydrogen (secondary N) is 1. The lowest BCUT2D eigenvalue weighted by Crippen LogP contribution is -2.49. The van der Waals surface area contributed by atoms with Gasteiger partial charge < -0.3 is 15.6 Å². The molecule has 1 aromatic heterocycles. The standard InChI is InChI=1S/C15H19F3N4O/c1-8-5-9(15(16,17)18)12-10(6-8)20-11(21-12)7-22(4)13(23)14(2,3)19/h5-6H,7,19H2,1-4H3,(H,20,21). The van der Waals surface area contributed by atoms with Gasteiger partial charge in [0.2, 0.25) is 5.91 Å². The SMILES string of the molecule is Cc1cc(C(F)(F)F)c2[nH]c(CN(C)C(=O)C(C)(C)N)nc2c1. The van der Waals surface area contributed by atoms with Gasteiger partial charge in [0.15, 0.2) is 0 Å². The Labute approximate surface area is 131 Å². The third-order valence-electron chi connectivity index (χ3n) is 3.38. The number of likely N-dealkylation sites (N-methyl/N-ethyl adjacent to an activating group) is 1. The maximum atomic E-state index is 13.1. The molecule has 3 N–H and O–H groups in total. The van der Waals surface area contributed by atoms with Crippen molar-refractivity contribution in [1.29, 1.82) is 0 Å². The van der Waals surface area contributed by atoms with Crippen LogP contribution in [0.5, 0.6) is 0 Å². The topological polar surface area (TPSA) is 75.0 Å². The predicted molar refractivity (Wildman–Crippen MR) is 80.6 cm³/mol. The number of carbonyl (C=O) groups is 1. The van der Waals surface area contributed by atoms with Gasteiger partial charge in [-0.3, -0.25) is 4.79 Å².